The Labute approximate surface area is 236 Å². The van der Waals surface area contributed by atoms with Gasteiger partial charge < -0.3 is 4.74 Å². The normalized spacial score (nSPS) is 11.3. The van der Waals surface area contributed by atoms with E-state index in [9.17, 15) is 9.59 Å². The molecule has 0 saturated carbocycles. The van der Waals surface area contributed by atoms with Crippen molar-refractivity contribution in [1.82, 2.24) is 19.7 Å². The molecule has 5 rings (SSSR count). The third kappa shape index (κ3) is 5.89. The van der Waals surface area contributed by atoms with Gasteiger partial charge in [0.15, 0.2) is 5.82 Å². The highest BCUT2D eigenvalue weighted by Gasteiger charge is 2.19. The van der Waals surface area contributed by atoms with Crippen molar-refractivity contribution in [2.24, 2.45) is 0 Å². The Morgan fingerprint density at radius 3 is 2.39 bits per heavy atom. The second-order valence-corrected chi connectivity index (χ2v) is 10.1. The number of aromatic nitrogens is 4. The van der Waals surface area contributed by atoms with E-state index >= 15 is 4.39 Å². The SMILES string of the molecule is CCCc1nc(C)n(-c2ccc(OC(C)C)cc2)c(=O)c1Cc1ccc(-c2ccccc2-c2noc(=O)[nH]2)cc1F. The van der Waals surface area contributed by atoms with Crippen LogP contribution in [0.5, 0.6) is 5.75 Å². The first kappa shape index (κ1) is 27.8. The molecule has 41 heavy (non-hydrogen) atoms. The molecule has 0 atom stereocenters. The molecular weight excluding hydrogens is 523 g/mol. The highest BCUT2D eigenvalue weighted by Crippen LogP contribution is 2.31. The Balaban J connectivity index is 1.52. The Hall–Kier alpha value is -4.79. The number of aromatic amines is 1. The lowest BCUT2D eigenvalue weighted by Gasteiger charge is -2.17. The van der Waals surface area contributed by atoms with Crippen LogP contribution in [0.15, 0.2) is 80.8 Å². The summed E-state index contributed by atoms with van der Waals surface area (Å²) in [4.78, 5) is 32.7. The van der Waals surface area contributed by atoms with E-state index in [0.717, 1.165) is 6.42 Å². The van der Waals surface area contributed by atoms with Crippen LogP contribution in [-0.4, -0.2) is 25.8 Å². The first-order chi connectivity index (χ1) is 19.7. The molecule has 8 nitrogen and oxygen atoms in total. The molecule has 2 aromatic heterocycles. The van der Waals surface area contributed by atoms with Gasteiger partial charge in [0.2, 0.25) is 0 Å². The Bertz CT molecular complexity index is 1800. The summed E-state index contributed by atoms with van der Waals surface area (Å²) in [5.41, 5.74) is 3.85. The van der Waals surface area contributed by atoms with Crippen LogP contribution in [0.3, 0.4) is 0 Å². The van der Waals surface area contributed by atoms with E-state index in [-0.39, 0.29) is 23.9 Å². The Morgan fingerprint density at radius 1 is 1.02 bits per heavy atom. The Morgan fingerprint density at radius 2 is 1.76 bits per heavy atom. The highest BCUT2D eigenvalue weighted by molar-refractivity contribution is 5.80. The van der Waals surface area contributed by atoms with Gasteiger partial charge in [0.05, 0.1) is 17.5 Å². The number of aryl methyl sites for hydroxylation is 2. The molecule has 1 N–H and O–H groups in total. The number of H-pyrrole nitrogens is 1. The van der Waals surface area contributed by atoms with Gasteiger partial charge in [-0.3, -0.25) is 18.9 Å². The molecule has 210 valence electrons. The van der Waals surface area contributed by atoms with Crippen molar-refractivity contribution in [2.75, 3.05) is 0 Å². The van der Waals surface area contributed by atoms with E-state index in [1.807, 2.05) is 57.2 Å². The fourth-order valence-electron chi connectivity index (χ4n) is 4.93. The molecule has 3 aromatic carbocycles. The molecule has 0 radical (unpaired) electrons. The molecule has 0 aliphatic rings. The van der Waals surface area contributed by atoms with E-state index < -0.39 is 11.6 Å². The lowest BCUT2D eigenvalue weighted by Crippen LogP contribution is -2.28. The average molecular weight is 555 g/mol. The number of rotatable bonds is 9. The molecule has 0 fully saturated rings. The summed E-state index contributed by atoms with van der Waals surface area (Å²) in [5, 5.41) is 3.77. The second-order valence-electron chi connectivity index (χ2n) is 10.1. The zero-order valence-electron chi connectivity index (χ0n) is 23.4. The van der Waals surface area contributed by atoms with Gasteiger partial charge in [-0.15, -0.1) is 0 Å². The van der Waals surface area contributed by atoms with Gasteiger partial charge in [0.25, 0.3) is 5.56 Å². The largest absolute Gasteiger partial charge is 0.491 e. The predicted molar refractivity (Wildman–Crippen MR) is 155 cm³/mol. The van der Waals surface area contributed by atoms with Gasteiger partial charge >= 0.3 is 5.76 Å². The van der Waals surface area contributed by atoms with Crippen LogP contribution in [0.4, 0.5) is 4.39 Å². The number of nitrogens with zero attached hydrogens (tertiary/aromatic N) is 3. The van der Waals surface area contributed by atoms with Crippen LogP contribution in [0.25, 0.3) is 28.2 Å². The molecule has 5 aromatic rings. The van der Waals surface area contributed by atoms with Gasteiger partial charge in [-0.1, -0.05) is 54.9 Å². The van der Waals surface area contributed by atoms with Gasteiger partial charge in [0, 0.05) is 17.5 Å². The van der Waals surface area contributed by atoms with Gasteiger partial charge in [-0.25, -0.2) is 14.2 Å². The quantitative estimate of drug-likeness (QED) is 0.239. The van der Waals surface area contributed by atoms with Crippen LogP contribution >= 0.6 is 0 Å². The number of hydrogen-bond acceptors (Lipinski definition) is 6. The number of nitrogens with one attached hydrogen (secondary N) is 1. The minimum atomic E-state index is -0.670. The van der Waals surface area contributed by atoms with Gasteiger partial charge in [-0.05, 0) is 74.2 Å². The monoisotopic (exact) mass is 554 g/mol. The molecule has 0 aliphatic heterocycles. The maximum atomic E-state index is 15.6. The van der Waals surface area contributed by atoms with Crippen molar-refractivity contribution in [3.63, 3.8) is 0 Å². The van der Waals surface area contributed by atoms with Crippen molar-refractivity contribution in [3.8, 4) is 34.0 Å². The Kier molecular flexibility index (Phi) is 7.96. The maximum absolute atomic E-state index is 15.6. The summed E-state index contributed by atoms with van der Waals surface area (Å²) in [6.07, 6.45) is 1.54. The van der Waals surface area contributed by atoms with E-state index in [1.165, 1.54) is 6.07 Å². The lowest BCUT2D eigenvalue weighted by atomic mass is 9.95. The van der Waals surface area contributed by atoms with Crippen molar-refractivity contribution < 1.29 is 13.7 Å². The molecule has 0 saturated heterocycles. The van der Waals surface area contributed by atoms with Crippen molar-refractivity contribution >= 4 is 0 Å². The number of ether oxygens (including phenoxy) is 1. The summed E-state index contributed by atoms with van der Waals surface area (Å²) in [7, 11) is 0. The van der Waals surface area contributed by atoms with E-state index in [2.05, 4.69) is 14.7 Å². The van der Waals surface area contributed by atoms with E-state index in [0.29, 0.717) is 57.2 Å². The molecule has 0 amide bonds. The van der Waals surface area contributed by atoms with Crippen LogP contribution < -0.4 is 16.1 Å². The first-order valence-corrected chi connectivity index (χ1v) is 13.6. The topological polar surface area (TPSA) is 103 Å². The third-order valence-corrected chi connectivity index (χ3v) is 6.74. The molecule has 2 heterocycles. The molecular formula is C32H31FN4O4. The summed E-state index contributed by atoms with van der Waals surface area (Å²) in [5.74, 6) is 0.419. The summed E-state index contributed by atoms with van der Waals surface area (Å²) >= 11 is 0. The van der Waals surface area contributed by atoms with Crippen molar-refractivity contribution in [1.29, 1.82) is 0 Å². The van der Waals surface area contributed by atoms with Crippen LogP contribution in [0.1, 0.15) is 49.8 Å². The fourth-order valence-corrected chi connectivity index (χ4v) is 4.93. The molecule has 0 spiro atoms. The minimum absolute atomic E-state index is 0.0352. The van der Waals surface area contributed by atoms with Gasteiger partial charge in [-0.2, -0.15) is 0 Å². The van der Waals surface area contributed by atoms with Crippen LogP contribution in [0, 0.1) is 12.7 Å². The average Bonchev–Trinajstić information content (AvgIpc) is 3.38. The maximum Gasteiger partial charge on any atom is 0.439 e. The highest BCUT2D eigenvalue weighted by atomic mass is 19.1. The molecule has 0 aliphatic carbocycles. The summed E-state index contributed by atoms with van der Waals surface area (Å²) in [6.45, 7) is 7.73. The molecule has 9 heteroatoms. The van der Waals surface area contributed by atoms with Gasteiger partial charge in [0.1, 0.15) is 17.4 Å². The summed E-state index contributed by atoms with van der Waals surface area (Å²) in [6, 6.07) is 19.4. The zero-order chi connectivity index (χ0) is 29.1. The van der Waals surface area contributed by atoms with E-state index in [1.54, 1.807) is 35.8 Å². The molecule has 0 bridgehead atoms. The minimum Gasteiger partial charge on any atom is -0.491 e. The standard InChI is InChI=1S/C32H31FN4O4/c1-5-8-29-27(31(38)37(20(4)34-29)23-13-15-24(16-14-23)40-19(2)3)17-22-12-11-21(18-28(22)33)25-9-6-7-10-26(25)30-35-32(39)41-36-30/h6-7,9-16,18-19H,5,8,17H2,1-4H3,(H,35,36,39). The smallest absolute Gasteiger partial charge is 0.439 e. The number of hydrogen-bond donors (Lipinski definition) is 1. The molecule has 0 unspecified atom stereocenters. The van der Waals surface area contributed by atoms with Crippen LogP contribution in [-0.2, 0) is 12.8 Å². The third-order valence-electron chi connectivity index (χ3n) is 6.74. The van der Waals surface area contributed by atoms with Crippen molar-refractivity contribution in [2.45, 2.75) is 53.1 Å². The summed E-state index contributed by atoms with van der Waals surface area (Å²) < 4.78 is 27.6. The number of halogens is 1. The van der Waals surface area contributed by atoms with Crippen molar-refractivity contribution in [3.05, 3.63) is 116 Å². The zero-order valence-corrected chi connectivity index (χ0v) is 23.4. The predicted octanol–water partition coefficient (Wildman–Crippen LogP) is 6.02. The number of benzene rings is 3. The first-order valence-electron chi connectivity index (χ1n) is 13.6. The second kappa shape index (κ2) is 11.8. The fraction of sp³-hybridized carbons (Fsp3) is 0.250. The van der Waals surface area contributed by atoms with E-state index in [4.69, 9.17) is 9.72 Å². The lowest BCUT2D eigenvalue weighted by molar-refractivity contribution is 0.242. The van der Waals surface area contributed by atoms with Crippen LogP contribution in [0.2, 0.25) is 0 Å².